The fraction of sp³-hybridized carbons (Fsp3) is 0.300. The van der Waals surface area contributed by atoms with E-state index in [0.29, 0.717) is 5.75 Å². The van der Waals surface area contributed by atoms with E-state index in [2.05, 4.69) is 12.2 Å². The molecule has 0 aromatic heterocycles. The first-order chi connectivity index (χ1) is 11.7. The van der Waals surface area contributed by atoms with Crippen LogP contribution in [-0.4, -0.2) is 23.4 Å². The second-order valence-corrected chi connectivity index (χ2v) is 6.36. The molecule has 2 aromatic rings. The van der Waals surface area contributed by atoms with Crippen molar-refractivity contribution in [3.63, 3.8) is 0 Å². The lowest BCUT2D eigenvalue weighted by atomic mass is 9.78. The highest BCUT2D eigenvalue weighted by atomic mass is 16.5. The topological polar surface area (TPSA) is 58.9 Å². The molecule has 2 aliphatic rings. The molecule has 0 saturated carbocycles. The molecule has 1 aliphatic heterocycles. The maximum atomic E-state index is 9.98. The van der Waals surface area contributed by atoms with E-state index >= 15 is 0 Å². The number of rotatable bonds is 2. The Morgan fingerprint density at radius 3 is 2.62 bits per heavy atom. The van der Waals surface area contributed by atoms with Crippen molar-refractivity contribution in [1.29, 1.82) is 0 Å². The molecule has 24 heavy (non-hydrogen) atoms. The van der Waals surface area contributed by atoms with Crippen LogP contribution in [0.2, 0.25) is 0 Å². The average molecular weight is 324 g/mol. The fourth-order valence-electron chi connectivity index (χ4n) is 3.68. The van der Waals surface area contributed by atoms with E-state index in [0.717, 1.165) is 24.0 Å². The summed E-state index contributed by atoms with van der Waals surface area (Å²) in [6, 6.07) is 10.9. The van der Waals surface area contributed by atoms with Crippen molar-refractivity contribution in [1.82, 2.24) is 0 Å². The van der Waals surface area contributed by atoms with Crippen LogP contribution in [-0.2, 0) is 11.2 Å². The van der Waals surface area contributed by atoms with Gasteiger partial charge in [-0.3, -0.25) is 0 Å². The summed E-state index contributed by atoms with van der Waals surface area (Å²) in [5, 5.41) is 19.4. The van der Waals surface area contributed by atoms with Crippen LogP contribution in [0.4, 0.5) is 0 Å². The van der Waals surface area contributed by atoms with Crippen molar-refractivity contribution in [3.05, 3.63) is 65.2 Å². The molecule has 1 unspecified atom stereocenters. The predicted octanol–water partition coefficient (Wildman–Crippen LogP) is 3.83. The van der Waals surface area contributed by atoms with Gasteiger partial charge < -0.3 is 19.7 Å². The van der Waals surface area contributed by atoms with Gasteiger partial charge in [0.1, 0.15) is 11.9 Å². The van der Waals surface area contributed by atoms with E-state index < -0.39 is 0 Å². The minimum atomic E-state index is -0.0904. The summed E-state index contributed by atoms with van der Waals surface area (Å²) in [6.07, 6.45) is 6.08. The normalized spacial score (nSPS) is 25.0. The summed E-state index contributed by atoms with van der Waals surface area (Å²) in [5.74, 6) is 1.13. The van der Waals surface area contributed by atoms with E-state index in [1.165, 1.54) is 5.56 Å². The number of aromatic hydroxyl groups is 2. The first kappa shape index (κ1) is 15.1. The standard InChI is InChI=1S/C20H20O4/c1-23-20-11-16-13(10-17(20)22)4-8-19-15(16)7-9-18(24-19)12-2-5-14(21)6-3-12/h2-3,5-7,9-11,15,18-19,21-22H,4,8H2,1H3/t15-,18?,19+/m1/s1. The van der Waals surface area contributed by atoms with Crippen molar-refractivity contribution < 1.29 is 19.7 Å². The Labute approximate surface area is 141 Å². The Morgan fingerprint density at radius 2 is 1.88 bits per heavy atom. The Kier molecular flexibility index (Phi) is 3.69. The maximum absolute atomic E-state index is 9.98. The zero-order valence-electron chi connectivity index (χ0n) is 13.5. The maximum Gasteiger partial charge on any atom is 0.160 e. The molecular weight excluding hydrogens is 304 g/mol. The third kappa shape index (κ3) is 2.53. The van der Waals surface area contributed by atoms with Crippen LogP contribution in [0.3, 0.4) is 0 Å². The molecule has 3 atom stereocenters. The van der Waals surface area contributed by atoms with E-state index in [9.17, 15) is 10.2 Å². The number of aryl methyl sites for hydroxylation is 1. The Bertz CT molecular complexity index is 779. The number of phenols is 2. The first-order valence-electron chi connectivity index (χ1n) is 8.18. The lowest BCUT2D eigenvalue weighted by Crippen LogP contribution is -2.31. The second-order valence-electron chi connectivity index (χ2n) is 6.36. The molecule has 1 aliphatic carbocycles. The highest BCUT2D eigenvalue weighted by Gasteiger charge is 2.34. The van der Waals surface area contributed by atoms with E-state index in [1.54, 1.807) is 19.2 Å². The third-order valence-electron chi connectivity index (χ3n) is 4.93. The number of fused-ring (bicyclic) bond motifs is 3. The van der Waals surface area contributed by atoms with Crippen molar-refractivity contribution in [2.24, 2.45) is 0 Å². The first-order valence-corrected chi connectivity index (χ1v) is 8.18. The monoisotopic (exact) mass is 324 g/mol. The molecule has 0 saturated heterocycles. The van der Waals surface area contributed by atoms with Gasteiger partial charge in [-0.05, 0) is 53.8 Å². The predicted molar refractivity (Wildman–Crippen MR) is 90.6 cm³/mol. The largest absolute Gasteiger partial charge is 0.508 e. The van der Waals surface area contributed by atoms with Gasteiger partial charge in [0.25, 0.3) is 0 Å². The van der Waals surface area contributed by atoms with E-state index in [1.807, 2.05) is 24.3 Å². The fourth-order valence-corrected chi connectivity index (χ4v) is 3.68. The SMILES string of the molecule is COc1cc2c(cc1O)CC[C@@H]1OC(c3ccc(O)cc3)C=C[C@H]21. The molecule has 1 heterocycles. The minimum Gasteiger partial charge on any atom is -0.508 e. The molecule has 124 valence electrons. The van der Waals surface area contributed by atoms with E-state index in [-0.39, 0.29) is 29.6 Å². The second kappa shape index (κ2) is 5.87. The molecule has 4 nitrogen and oxygen atoms in total. The number of hydrogen-bond donors (Lipinski definition) is 2. The number of phenolic OH excluding ortho intramolecular Hbond substituents is 2. The molecule has 0 amide bonds. The zero-order valence-corrected chi connectivity index (χ0v) is 13.5. The summed E-state index contributed by atoms with van der Waals surface area (Å²) in [6.45, 7) is 0. The number of hydrogen-bond acceptors (Lipinski definition) is 4. The van der Waals surface area contributed by atoms with Gasteiger partial charge in [0.05, 0.1) is 13.2 Å². The highest BCUT2D eigenvalue weighted by Crippen LogP contribution is 2.44. The zero-order chi connectivity index (χ0) is 16.7. The van der Waals surface area contributed by atoms with Gasteiger partial charge in [-0.25, -0.2) is 0 Å². The third-order valence-corrected chi connectivity index (χ3v) is 4.93. The minimum absolute atomic E-state index is 0.0904. The van der Waals surface area contributed by atoms with Crippen LogP contribution in [0.5, 0.6) is 17.2 Å². The average Bonchev–Trinajstić information content (AvgIpc) is 2.61. The Balaban J connectivity index is 1.66. The summed E-state index contributed by atoms with van der Waals surface area (Å²) in [7, 11) is 1.57. The Hall–Kier alpha value is -2.46. The van der Waals surface area contributed by atoms with Crippen LogP contribution in [0.25, 0.3) is 0 Å². The van der Waals surface area contributed by atoms with Gasteiger partial charge in [-0.2, -0.15) is 0 Å². The number of benzene rings is 2. The van der Waals surface area contributed by atoms with Crippen molar-refractivity contribution in [2.45, 2.75) is 31.0 Å². The van der Waals surface area contributed by atoms with Crippen LogP contribution >= 0.6 is 0 Å². The number of ether oxygens (including phenoxy) is 2. The molecule has 2 aromatic carbocycles. The number of methoxy groups -OCH3 is 1. The summed E-state index contributed by atoms with van der Waals surface area (Å²) >= 11 is 0. The molecule has 4 heteroatoms. The van der Waals surface area contributed by atoms with Gasteiger partial charge in [0, 0.05) is 5.92 Å². The lowest BCUT2D eigenvalue weighted by Gasteiger charge is -2.37. The molecule has 0 fully saturated rings. The molecular formula is C20H20O4. The molecule has 4 rings (SSSR count). The summed E-state index contributed by atoms with van der Waals surface area (Å²) in [4.78, 5) is 0. The van der Waals surface area contributed by atoms with Gasteiger partial charge in [0.15, 0.2) is 11.5 Å². The smallest absolute Gasteiger partial charge is 0.160 e. The summed E-state index contributed by atoms with van der Waals surface area (Å²) in [5.41, 5.74) is 3.36. The molecule has 0 spiro atoms. The van der Waals surface area contributed by atoms with Crippen LogP contribution < -0.4 is 4.74 Å². The van der Waals surface area contributed by atoms with Crippen molar-refractivity contribution in [2.75, 3.05) is 7.11 Å². The van der Waals surface area contributed by atoms with Crippen LogP contribution in [0, 0.1) is 0 Å². The van der Waals surface area contributed by atoms with Gasteiger partial charge >= 0.3 is 0 Å². The van der Waals surface area contributed by atoms with Crippen LogP contribution in [0.1, 0.15) is 35.1 Å². The van der Waals surface area contributed by atoms with Crippen LogP contribution in [0.15, 0.2) is 48.6 Å². The van der Waals surface area contributed by atoms with Crippen molar-refractivity contribution >= 4 is 0 Å². The van der Waals surface area contributed by atoms with E-state index in [4.69, 9.17) is 9.47 Å². The Morgan fingerprint density at radius 1 is 1.08 bits per heavy atom. The van der Waals surface area contributed by atoms with Crippen molar-refractivity contribution in [3.8, 4) is 17.2 Å². The summed E-state index contributed by atoms with van der Waals surface area (Å²) < 4.78 is 11.6. The highest BCUT2D eigenvalue weighted by molar-refractivity contribution is 5.50. The molecule has 2 N–H and O–H groups in total. The molecule has 0 bridgehead atoms. The molecule has 0 radical (unpaired) electrons. The van der Waals surface area contributed by atoms with Gasteiger partial charge in [0.2, 0.25) is 0 Å². The van der Waals surface area contributed by atoms with Gasteiger partial charge in [-0.1, -0.05) is 24.3 Å². The quantitative estimate of drug-likeness (QED) is 0.824. The van der Waals surface area contributed by atoms with Gasteiger partial charge in [-0.15, -0.1) is 0 Å². The lowest BCUT2D eigenvalue weighted by molar-refractivity contribution is -0.0139.